The second-order valence-electron chi connectivity index (χ2n) is 3.22. The van der Waals surface area contributed by atoms with Crippen LogP contribution < -0.4 is 0 Å². The molecule has 1 heterocycles. The van der Waals surface area contributed by atoms with E-state index in [4.69, 9.17) is 0 Å². The molecule has 0 atom stereocenters. The monoisotopic (exact) mass is 200 g/mol. The molecule has 0 unspecified atom stereocenters. The van der Waals surface area contributed by atoms with E-state index >= 15 is 0 Å². The lowest BCUT2D eigenvalue weighted by Gasteiger charge is -1.99. The van der Waals surface area contributed by atoms with E-state index in [-0.39, 0.29) is 10.8 Å². The molecule has 3 heteroatoms. The zero-order valence-electron chi connectivity index (χ0n) is 7.92. The Morgan fingerprint density at radius 1 is 1.23 bits per heavy atom. The molecule has 0 spiro atoms. The fourth-order valence-electron chi connectivity index (χ4n) is 1.33. The van der Waals surface area contributed by atoms with Gasteiger partial charge in [0.05, 0.1) is 0 Å². The van der Waals surface area contributed by atoms with Crippen molar-refractivity contribution in [2.45, 2.75) is 39.0 Å². The zero-order chi connectivity index (χ0) is 9.68. The van der Waals surface area contributed by atoms with Crippen molar-refractivity contribution in [3.05, 3.63) is 10.9 Å². The van der Waals surface area contributed by atoms with Crippen LogP contribution in [0, 0.1) is 0 Å². The first-order chi connectivity index (χ1) is 6.25. The first kappa shape index (κ1) is 10.4. The smallest absolute Gasteiger partial charge is 0.178 e. The minimum atomic E-state index is 0.249. The van der Waals surface area contributed by atoms with Crippen LogP contribution in [0.15, 0.2) is 5.38 Å². The minimum Gasteiger partial charge on any atom is -0.507 e. The Bertz CT molecular complexity index is 236. The largest absolute Gasteiger partial charge is 0.507 e. The predicted octanol–water partition coefficient (Wildman–Crippen LogP) is 3.28. The molecule has 2 nitrogen and oxygen atoms in total. The van der Waals surface area contributed by atoms with E-state index in [2.05, 4.69) is 6.92 Å². The molecular formula is C10H16O2S. The average Bonchev–Trinajstić information content (AvgIpc) is 2.42. The summed E-state index contributed by atoms with van der Waals surface area (Å²) < 4.78 is 0. The number of aromatic hydroxyl groups is 2. The maximum atomic E-state index is 9.35. The molecule has 13 heavy (non-hydrogen) atoms. The molecule has 1 aromatic heterocycles. The SMILES string of the molecule is CCCCCCc1c(O)csc1O. The highest BCUT2D eigenvalue weighted by Crippen LogP contribution is 2.35. The molecule has 0 radical (unpaired) electrons. The van der Waals surface area contributed by atoms with Crippen LogP contribution in [0.1, 0.15) is 38.2 Å². The van der Waals surface area contributed by atoms with Crippen molar-refractivity contribution in [2.75, 3.05) is 0 Å². The van der Waals surface area contributed by atoms with Crippen molar-refractivity contribution in [2.24, 2.45) is 0 Å². The summed E-state index contributed by atoms with van der Waals surface area (Å²) in [6.07, 6.45) is 5.45. The van der Waals surface area contributed by atoms with Crippen LogP contribution in [0.2, 0.25) is 0 Å². The third kappa shape index (κ3) is 2.92. The Morgan fingerprint density at radius 2 is 2.00 bits per heavy atom. The maximum Gasteiger partial charge on any atom is 0.178 e. The Kier molecular flexibility index (Phi) is 4.09. The fourth-order valence-corrected chi connectivity index (χ4v) is 2.04. The molecule has 0 aliphatic carbocycles. The first-order valence-corrected chi connectivity index (χ1v) is 5.62. The number of unbranched alkanes of at least 4 members (excludes halogenated alkanes) is 3. The lowest BCUT2D eigenvalue weighted by atomic mass is 10.1. The molecule has 2 N–H and O–H groups in total. The molecular weight excluding hydrogens is 184 g/mol. The van der Waals surface area contributed by atoms with Gasteiger partial charge in [-0.1, -0.05) is 26.2 Å². The van der Waals surface area contributed by atoms with Gasteiger partial charge in [-0.25, -0.2) is 0 Å². The van der Waals surface area contributed by atoms with Gasteiger partial charge in [-0.2, -0.15) is 0 Å². The third-order valence-corrected chi connectivity index (χ3v) is 2.94. The molecule has 0 saturated heterocycles. The number of rotatable bonds is 5. The summed E-state index contributed by atoms with van der Waals surface area (Å²) in [5.74, 6) is 0.249. The zero-order valence-corrected chi connectivity index (χ0v) is 8.73. The van der Waals surface area contributed by atoms with Crippen LogP contribution in [0.4, 0.5) is 0 Å². The van der Waals surface area contributed by atoms with Crippen LogP contribution in [-0.4, -0.2) is 10.2 Å². The van der Waals surface area contributed by atoms with Crippen LogP contribution in [0.5, 0.6) is 10.8 Å². The lowest BCUT2D eigenvalue weighted by Crippen LogP contribution is -1.83. The Labute approximate surface area is 82.8 Å². The molecule has 1 aromatic rings. The van der Waals surface area contributed by atoms with Crippen molar-refractivity contribution in [1.82, 2.24) is 0 Å². The first-order valence-electron chi connectivity index (χ1n) is 4.74. The summed E-state index contributed by atoms with van der Waals surface area (Å²) in [4.78, 5) is 0. The van der Waals surface area contributed by atoms with Gasteiger partial charge in [0.1, 0.15) is 5.75 Å². The summed E-state index contributed by atoms with van der Waals surface area (Å²) in [5.41, 5.74) is 0.723. The van der Waals surface area contributed by atoms with Gasteiger partial charge >= 0.3 is 0 Å². The molecule has 0 aliphatic heterocycles. The van der Waals surface area contributed by atoms with Gasteiger partial charge in [-0.05, 0) is 12.8 Å². The van der Waals surface area contributed by atoms with Crippen LogP contribution in [0.3, 0.4) is 0 Å². The molecule has 0 saturated carbocycles. The maximum absolute atomic E-state index is 9.35. The van der Waals surface area contributed by atoms with Crippen molar-refractivity contribution in [3.63, 3.8) is 0 Å². The van der Waals surface area contributed by atoms with Crippen LogP contribution >= 0.6 is 11.3 Å². The average molecular weight is 200 g/mol. The van der Waals surface area contributed by atoms with E-state index < -0.39 is 0 Å². The minimum absolute atomic E-state index is 0.249. The molecule has 74 valence electrons. The van der Waals surface area contributed by atoms with Gasteiger partial charge in [0.25, 0.3) is 0 Å². The predicted molar refractivity (Wildman–Crippen MR) is 55.5 cm³/mol. The summed E-state index contributed by atoms with van der Waals surface area (Å²) in [6.45, 7) is 2.17. The molecule has 0 bridgehead atoms. The highest BCUT2D eigenvalue weighted by molar-refractivity contribution is 7.12. The van der Waals surface area contributed by atoms with Gasteiger partial charge in [-0.15, -0.1) is 11.3 Å². The molecule has 1 rings (SSSR count). The standard InChI is InChI=1S/C10H16O2S/c1-2-3-4-5-6-8-9(11)7-13-10(8)12/h7,11-12H,2-6H2,1H3. The topological polar surface area (TPSA) is 40.5 Å². The molecule has 0 fully saturated rings. The van der Waals surface area contributed by atoms with Gasteiger partial charge in [0.15, 0.2) is 5.06 Å². The normalized spacial score (nSPS) is 10.5. The number of hydrogen-bond donors (Lipinski definition) is 2. The lowest BCUT2D eigenvalue weighted by molar-refractivity contribution is 0.450. The van der Waals surface area contributed by atoms with Crippen molar-refractivity contribution in [3.8, 4) is 10.8 Å². The Hall–Kier alpha value is -0.700. The molecule has 0 aliphatic rings. The van der Waals surface area contributed by atoms with Gasteiger partial charge in [0.2, 0.25) is 0 Å². The summed E-state index contributed by atoms with van der Waals surface area (Å²) in [5, 5.41) is 20.5. The van der Waals surface area contributed by atoms with Crippen molar-refractivity contribution >= 4 is 11.3 Å². The highest BCUT2D eigenvalue weighted by atomic mass is 32.1. The second kappa shape index (κ2) is 5.12. The quantitative estimate of drug-likeness (QED) is 0.716. The molecule has 0 amide bonds. The number of hydrogen-bond acceptors (Lipinski definition) is 3. The number of thiophene rings is 1. The van der Waals surface area contributed by atoms with Crippen LogP contribution in [-0.2, 0) is 6.42 Å². The molecule has 0 aromatic carbocycles. The van der Waals surface area contributed by atoms with Crippen LogP contribution in [0.25, 0.3) is 0 Å². The van der Waals surface area contributed by atoms with E-state index in [1.165, 1.54) is 30.6 Å². The summed E-state index contributed by atoms with van der Waals surface area (Å²) in [7, 11) is 0. The highest BCUT2D eigenvalue weighted by Gasteiger charge is 2.08. The van der Waals surface area contributed by atoms with E-state index in [0.717, 1.165) is 18.4 Å². The van der Waals surface area contributed by atoms with E-state index in [9.17, 15) is 10.2 Å². The van der Waals surface area contributed by atoms with Crippen molar-refractivity contribution < 1.29 is 10.2 Å². The Balaban J connectivity index is 2.36. The van der Waals surface area contributed by atoms with Crippen molar-refractivity contribution in [1.29, 1.82) is 0 Å². The van der Waals surface area contributed by atoms with E-state index in [0.29, 0.717) is 0 Å². The van der Waals surface area contributed by atoms with Gasteiger partial charge in [0, 0.05) is 10.9 Å². The van der Waals surface area contributed by atoms with Gasteiger partial charge < -0.3 is 10.2 Å². The van der Waals surface area contributed by atoms with Gasteiger partial charge in [-0.3, -0.25) is 0 Å². The Morgan fingerprint density at radius 3 is 2.54 bits per heavy atom. The summed E-state index contributed by atoms with van der Waals surface area (Å²) >= 11 is 1.20. The summed E-state index contributed by atoms with van der Waals surface area (Å²) in [6, 6.07) is 0. The fraction of sp³-hybridized carbons (Fsp3) is 0.600. The van der Waals surface area contributed by atoms with E-state index in [1.807, 2.05) is 0 Å². The third-order valence-electron chi connectivity index (χ3n) is 2.13. The van der Waals surface area contributed by atoms with E-state index in [1.54, 1.807) is 5.38 Å². The second-order valence-corrected chi connectivity index (χ2v) is 4.07.